The van der Waals surface area contributed by atoms with E-state index in [0.717, 1.165) is 0 Å². The summed E-state index contributed by atoms with van der Waals surface area (Å²) in [6, 6.07) is 8.57. The highest BCUT2D eigenvalue weighted by molar-refractivity contribution is 5.94. The van der Waals surface area contributed by atoms with E-state index in [1.165, 1.54) is 36.5 Å². The average Bonchev–Trinajstić information content (AvgIpc) is 2.30. The topological polar surface area (TPSA) is 50.2 Å². The van der Waals surface area contributed by atoms with Crippen LogP contribution in [0.4, 0.5) is 4.39 Å². The van der Waals surface area contributed by atoms with Crippen molar-refractivity contribution in [1.82, 2.24) is 4.98 Å². The van der Waals surface area contributed by atoms with Gasteiger partial charge in [0.1, 0.15) is 5.82 Å². The molecule has 3 nitrogen and oxygen atoms in total. The molecule has 0 spiro atoms. The Morgan fingerprint density at radius 2 is 1.88 bits per heavy atom. The number of nitrogens with zero attached hydrogens (tertiary/aromatic N) is 1. The second-order valence-corrected chi connectivity index (χ2v) is 3.21. The zero-order valence-electron chi connectivity index (χ0n) is 8.22. The van der Waals surface area contributed by atoms with Crippen LogP contribution in [0.5, 0.6) is 0 Å². The van der Waals surface area contributed by atoms with Gasteiger partial charge in [-0.25, -0.2) is 9.18 Å². The standard InChI is InChI=1S/C12H8FNO2/c13-9-5-3-8(4-6-9)11-10(12(15)16)2-1-7-14-11/h1-7H,(H,15,16). The normalized spacial score (nSPS) is 10.1. The summed E-state index contributed by atoms with van der Waals surface area (Å²) in [6.45, 7) is 0. The summed E-state index contributed by atoms with van der Waals surface area (Å²) in [5.41, 5.74) is 1.03. The van der Waals surface area contributed by atoms with Gasteiger partial charge in [-0.05, 0) is 36.4 Å². The Balaban J connectivity index is 2.55. The maximum absolute atomic E-state index is 12.7. The molecule has 0 aliphatic heterocycles. The van der Waals surface area contributed by atoms with Crippen molar-refractivity contribution in [2.45, 2.75) is 0 Å². The molecule has 2 rings (SSSR count). The predicted molar refractivity (Wildman–Crippen MR) is 56.6 cm³/mol. The number of aromatic carboxylic acids is 1. The molecule has 16 heavy (non-hydrogen) atoms. The molecule has 0 aliphatic rings. The van der Waals surface area contributed by atoms with Crippen molar-refractivity contribution < 1.29 is 14.3 Å². The average molecular weight is 217 g/mol. The number of pyridine rings is 1. The van der Waals surface area contributed by atoms with E-state index in [1.54, 1.807) is 6.07 Å². The van der Waals surface area contributed by atoms with E-state index < -0.39 is 5.97 Å². The van der Waals surface area contributed by atoms with E-state index in [4.69, 9.17) is 5.11 Å². The van der Waals surface area contributed by atoms with Gasteiger partial charge in [-0.15, -0.1) is 0 Å². The quantitative estimate of drug-likeness (QED) is 0.841. The lowest BCUT2D eigenvalue weighted by Gasteiger charge is -2.04. The Hall–Kier alpha value is -2.23. The van der Waals surface area contributed by atoms with Crippen LogP contribution in [0.2, 0.25) is 0 Å². The van der Waals surface area contributed by atoms with E-state index in [1.807, 2.05) is 0 Å². The Bertz CT molecular complexity index is 523. The number of carboxylic acids is 1. The number of aromatic nitrogens is 1. The zero-order valence-corrected chi connectivity index (χ0v) is 8.22. The first-order valence-corrected chi connectivity index (χ1v) is 4.63. The molecule has 80 valence electrons. The van der Waals surface area contributed by atoms with Crippen molar-refractivity contribution >= 4 is 5.97 Å². The van der Waals surface area contributed by atoms with E-state index in [2.05, 4.69) is 4.98 Å². The largest absolute Gasteiger partial charge is 0.478 e. The molecule has 0 amide bonds. The van der Waals surface area contributed by atoms with Gasteiger partial charge in [0.15, 0.2) is 0 Å². The van der Waals surface area contributed by atoms with Crippen molar-refractivity contribution in [3.8, 4) is 11.3 Å². The predicted octanol–water partition coefficient (Wildman–Crippen LogP) is 2.59. The Morgan fingerprint density at radius 3 is 2.50 bits per heavy atom. The van der Waals surface area contributed by atoms with Crippen molar-refractivity contribution in [2.75, 3.05) is 0 Å². The first-order valence-electron chi connectivity index (χ1n) is 4.63. The third-order valence-corrected chi connectivity index (χ3v) is 2.16. The molecule has 2 aromatic rings. The van der Waals surface area contributed by atoms with Crippen LogP contribution in [0.15, 0.2) is 42.6 Å². The molecule has 1 aromatic carbocycles. The molecule has 4 heteroatoms. The van der Waals surface area contributed by atoms with Gasteiger partial charge < -0.3 is 5.11 Å². The van der Waals surface area contributed by atoms with Gasteiger partial charge in [-0.2, -0.15) is 0 Å². The summed E-state index contributed by atoms with van der Waals surface area (Å²) in [6.07, 6.45) is 1.51. The molecule has 0 bridgehead atoms. The number of benzene rings is 1. The number of carboxylic acid groups (broad SMARTS) is 1. The third kappa shape index (κ3) is 1.91. The molecule has 1 heterocycles. The zero-order chi connectivity index (χ0) is 11.5. The Labute approximate surface area is 91.2 Å². The number of hydrogen-bond donors (Lipinski definition) is 1. The van der Waals surface area contributed by atoms with Crippen molar-refractivity contribution in [2.24, 2.45) is 0 Å². The highest BCUT2D eigenvalue weighted by Gasteiger charge is 2.11. The van der Waals surface area contributed by atoms with Gasteiger partial charge in [0.05, 0.1) is 11.3 Å². The number of hydrogen-bond acceptors (Lipinski definition) is 2. The molecule has 0 fully saturated rings. The lowest BCUT2D eigenvalue weighted by molar-refractivity contribution is 0.0697. The van der Waals surface area contributed by atoms with Gasteiger partial charge in [-0.3, -0.25) is 4.98 Å². The molecule has 0 saturated heterocycles. The highest BCUT2D eigenvalue weighted by Crippen LogP contribution is 2.21. The molecular weight excluding hydrogens is 209 g/mol. The molecule has 0 radical (unpaired) electrons. The van der Waals surface area contributed by atoms with Crippen LogP contribution in [-0.2, 0) is 0 Å². The van der Waals surface area contributed by atoms with Crippen LogP contribution in [0, 0.1) is 5.82 Å². The highest BCUT2D eigenvalue weighted by atomic mass is 19.1. The minimum absolute atomic E-state index is 0.106. The lowest BCUT2D eigenvalue weighted by atomic mass is 10.1. The maximum Gasteiger partial charge on any atom is 0.337 e. The smallest absolute Gasteiger partial charge is 0.337 e. The lowest BCUT2D eigenvalue weighted by Crippen LogP contribution is -2.00. The van der Waals surface area contributed by atoms with Crippen LogP contribution in [0.3, 0.4) is 0 Å². The van der Waals surface area contributed by atoms with Gasteiger partial charge >= 0.3 is 5.97 Å². The van der Waals surface area contributed by atoms with Crippen LogP contribution in [-0.4, -0.2) is 16.1 Å². The monoisotopic (exact) mass is 217 g/mol. The molecule has 0 unspecified atom stereocenters. The number of halogens is 1. The summed E-state index contributed by atoms with van der Waals surface area (Å²) in [7, 11) is 0. The minimum atomic E-state index is -1.05. The first kappa shape index (κ1) is 10.3. The van der Waals surface area contributed by atoms with Crippen molar-refractivity contribution in [3.63, 3.8) is 0 Å². The van der Waals surface area contributed by atoms with E-state index in [0.29, 0.717) is 11.3 Å². The summed E-state index contributed by atoms with van der Waals surface area (Å²) in [5.74, 6) is -1.41. The minimum Gasteiger partial charge on any atom is -0.478 e. The molecule has 0 aliphatic carbocycles. The summed E-state index contributed by atoms with van der Waals surface area (Å²) < 4.78 is 12.7. The van der Waals surface area contributed by atoms with E-state index in [-0.39, 0.29) is 11.4 Å². The van der Waals surface area contributed by atoms with Gasteiger partial charge in [0, 0.05) is 11.8 Å². The number of carbonyl (C=O) groups is 1. The molecular formula is C12H8FNO2. The fourth-order valence-electron chi connectivity index (χ4n) is 1.42. The van der Waals surface area contributed by atoms with E-state index >= 15 is 0 Å². The fourth-order valence-corrected chi connectivity index (χ4v) is 1.42. The fraction of sp³-hybridized carbons (Fsp3) is 0. The molecule has 1 N–H and O–H groups in total. The second-order valence-electron chi connectivity index (χ2n) is 3.21. The van der Waals surface area contributed by atoms with Gasteiger partial charge in [0.25, 0.3) is 0 Å². The van der Waals surface area contributed by atoms with Crippen LogP contribution in [0.25, 0.3) is 11.3 Å². The number of rotatable bonds is 2. The van der Waals surface area contributed by atoms with Crippen LogP contribution >= 0.6 is 0 Å². The summed E-state index contributed by atoms with van der Waals surface area (Å²) in [4.78, 5) is 14.9. The first-order chi connectivity index (χ1) is 7.68. The summed E-state index contributed by atoms with van der Waals surface area (Å²) >= 11 is 0. The van der Waals surface area contributed by atoms with Crippen molar-refractivity contribution in [1.29, 1.82) is 0 Å². The molecule has 1 aromatic heterocycles. The maximum atomic E-state index is 12.7. The SMILES string of the molecule is O=C(O)c1cccnc1-c1ccc(F)cc1. The molecule has 0 saturated carbocycles. The van der Waals surface area contributed by atoms with Gasteiger partial charge in [-0.1, -0.05) is 0 Å². The van der Waals surface area contributed by atoms with Crippen molar-refractivity contribution in [3.05, 3.63) is 54.0 Å². The molecule has 0 atom stereocenters. The van der Waals surface area contributed by atoms with Crippen LogP contribution < -0.4 is 0 Å². The van der Waals surface area contributed by atoms with E-state index in [9.17, 15) is 9.18 Å². The van der Waals surface area contributed by atoms with Gasteiger partial charge in [0.2, 0.25) is 0 Å². The van der Waals surface area contributed by atoms with Crippen LogP contribution in [0.1, 0.15) is 10.4 Å². The third-order valence-electron chi connectivity index (χ3n) is 2.16. The Kier molecular flexibility index (Phi) is 2.64. The summed E-state index contributed by atoms with van der Waals surface area (Å²) in [5, 5.41) is 8.97. The second kappa shape index (κ2) is 4.10. The Morgan fingerprint density at radius 1 is 1.19 bits per heavy atom.